The van der Waals surface area contributed by atoms with Crippen molar-refractivity contribution in [3.8, 4) is 11.4 Å². The van der Waals surface area contributed by atoms with E-state index in [9.17, 15) is 0 Å². The number of rotatable bonds is 4. The van der Waals surface area contributed by atoms with Gasteiger partial charge in [-0.15, -0.1) is 24.0 Å². The van der Waals surface area contributed by atoms with Crippen molar-refractivity contribution >= 4 is 41.5 Å². The third-order valence-electron chi connectivity index (χ3n) is 4.21. The molecular formula is C18H25ClIN5O. The van der Waals surface area contributed by atoms with Gasteiger partial charge >= 0.3 is 0 Å². The van der Waals surface area contributed by atoms with Gasteiger partial charge in [-0.1, -0.05) is 35.8 Å². The highest BCUT2D eigenvalue weighted by Gasteiger charge is 2.19. The van der Waals surface area contributed by atoms with Gasteiger partial charge in [0.2, 0.25) is 11.7 Å². The van der Waals surface area contributed by atoms with Gasteiger partial charge in [0.05, 0.1) is 0 Å². The minimum atomic E-state index is 0. The summed E-state index contributed by atoms with van der Waals surface area (Å²) in [6.45, 7) is 7.62. The Morgan fingerprint density at radius 1 is 1.46 bits per heavy atom. The molecule has 8 heteroatoms. The van der Waals surface area contributed by atoms with Crippen LogP contribution in [-0.2, 0) is 6.54 Å². The van der Waals surface area contributed by atoms with Gasteiger partial charge in [-0.3, -0.25) is 0 Å². The summed E-state index contributed by atoms with van der Waals surface area (Å²) < 4.78 is 5.34. The Morgan fingerprint density at radius 3 is 3.04 bits per heavy atom. The molecule has 1 fully saturated rings. The van der Waals surface area contributed by atoms with E-state index in [-0.39, 0.29) is 24.0 Å². The predicted molar refractivity (Wildman–Crippen MR) is 115 cm³/mol. The van der Waals surface area contributed by atoms with Crippen molar-refractivity contribution in [3.63, 3.8) is 0 Å². The van der Waals surface area contributed by atoms with Crippen LogP contribution in [0.4, 0.5) is 0 Å². The molecule has 2 heterocycles. The number of nitrogens with one attached hydrogen (secondary N) is 1. The van der Waals surface area contributed by atoms with Gasteiger partial charge in [-0.2, -0.15) is 4.98 Å². The average molecular weight is 490 g/mol. The first kappa shape index (κ1) is 21.0. The molecule has 0 amide bonds. The summed E-state index contributed by atoms with van der Waals surface area (Å²) in [6.07, 6.45) is 2.48. The molecule has 0 spiro atoms. The van der Waals surface area contributed by atoms with E-state index in [2.05, 4.69) is 39.2 Å². The monoisotopic (exact) mass is 489 g/mol. The smallest absolute Gasteiger partial charge is 0.248 e. The SMILES string of the molecule is CCNC(=NCc1nc(-c2cccc(Cl)c2)no1)N1CCCC(C)C1.I. The molecule has 26 heavy (non-hydrogen) atoms. The van der Waals surface area contributed by atoms with Crippen LogP contribution in [0.15, 0.2) is 33.8 Å². The number of benzene rings is 1. The van der Waals surface area contributed by atoms with Crippen LogP contribution in [0.25, 0.3) is 11.4 Å². The van der Waals surface area contributed by atoms with Crippen LogP contribution < -0.4 is 5.32 Å². The second-order valence-electron chi connectivity index (χ2n) is 6.39. The molecule has 0 saturated carbocycles. The molecule has 6 nitrogen and oxygen atoms in total. The van der Waals surface area contributed by atoms with Gasteiger partial charge in [0.15, 0.2) is 5.96 Å². The first-order valence-corrected chi connectivity index (χ1v) is 9.15. The molecule has 1 saturated heterocycles. The van der Waals surface area contributed by atoms with E-state index in [1.54, 1.807) is 0 Å². The molecule has 0 bridgehead atoms. The maximum atomic E-state index is 6.01. The van der Waals surface area contributed by atoms with Crippen molar-refractivity contribution < 1.29 is 4.52 Å². The minimum Gasteiger partial charge on any atom is -0.357 e. The van der Waals surface area contributed by atoms with Crippen LogP contribution in [0, 0.1) is 5.92 Å². The average Bonchev–Trinajstić information content (AvgIpc) is 3.07. The zero-order valence-corrected chi connectivity index (χ0v) is 18.2. The fraction of sp³-hybridized carbons (Fsp3) is 0.500. The van der Waals surface area contributed by atoms with Gasteiger partial charge in [-0.25, -0.2) is 4.99 Å². The topological polar surface area (TPSA) is 66.5 Å². The maximum Gasteiger partial charge on any atom is 0.248 e. The van der Waals surface area contributed by atoms with Crippen LogP contribution in [0.5, 0.6) is 0 Å². The number of guanidine groups is 1. The standard InChI is InChI=1S/C18H24ClN5O.HI/c1-3-20-18(24-9-5-6-13(2)12-24)21-11-16-22-17(23-25-16)14-7-4-8-15(19)10-14;/h4,7-8,10,13H,3,5-6,9,11-12H2,1-2H3,(H,20,21);1H. The molecule has 1 atom stereocenters. The van der Waals surface area contributed by atoms with E-state index in [1.165, 1.54) is 12.8 Å². The van der Waals surface area contributed by atoms with Crippen LogP contribution in [0.3, 0.4) is 0 Å². The van der Waals surface area contributed by atoms with E-state index >= 15 is 0 Å². The summed E-state index contributed by atoms with van der Waals surface area (Å²) in [5.41, 5.74) is 0.836. The molecule has 2 aromatic rings. The highest BCUT2D eigenvalue weighted by Crippen LogP contribution is 2.20. The van der Waals surface area contributed by atoms with Gasteiger partial charge in [0.25, 0.3) is 0 Å². The summed E-state index contributed by atoms with van der Waals surface area (Å²) in [5.74, 6) is 2.63. The normalized spacial score (nSPS) is 17.7. The molecule has 1 N–H and O–H groups in total. The first-order chi connectivity index (χ1) is 12.2. The molecule has 1 unspecified atom stereocenters. The van der Waals surface area contributed by atoms with Crippen LogP contribution >= 0.6 is 35.6 Å². The van der Waals surface area contributed by atoms with E-state index in [0.29, 0.717) is 29.2 Å². The lowest BCUT2D eigenvalue weighted by Gasteiger charge is -2.33. The lowest BCUT2D eigenvalue weighted by Crippen LogP contribution is -2.46. The van der Waals surface area contributed by atoms with Crippen molar-refractivity contribution in [2.24, 2.45) is 10.9 Å². The van der Waals surface area contributed by atoms with Gasteiger partial charge in [0.1, 0.15) is 6.54 Å². The number of aromatic nitrogens is 2. The van der Waals surface area contributed by atoms with E-state index in [4.69, 9.17) is 16.1 Å². The van der Waals surface area contributed by atoms with Gasteiger partial charge < -0.3 is 14.7 Å². The lowest BCUT2D eigenvalue weighted by atomic mass is 10.0. The largest absolute Gasteiger partial charge is 0.357 e. The number of hydrogen-bond donors (Lipinski definition) is 1. The maximum absolute atomic E-state index is 6.01. The fourth-order valence-electron chi connectivity index (χ4n) is 3.01. The number of aliphatic imine (C=N–C) groups is 1. The number of piperidine rings is 1. The van der Waals surface area contributed by atoms with E-state index in [1.807, 2.05) is 24.3 Å². The summed E-state index contributed by atoms with van der Waals surface area (Å²) in [5, 5.41) is 8.03. The summed E-state index contributed by atoms with van der Waals surface area (Å²) >= 11 is 6.01. The Kier molecular flexibility index (Phi) is 8.15. The summed E-state index contributed by atoms with van der Waals surface area (Å²) in [7, 11) is 0. The van der Waals surface area contributed by atoms with Crippen molar-refractivity contribution in [2.45, 2.75) is 33.2 Å². The molecule has 0 radical (unpaired) electrons. The Balaban J connectivity index is 0.00000243. The van der Waals surface area contributed by atoms with E-state index < -0.39 is 0 Å². The number of halogens is 2. The molecule has 1 aliphatic heterocycles. The molecule has 1 aromatic carbocycles. The number of hydrogen-bond acceptors (Lipinski definition) is 4. The number of likely N-dealkylation sites (tertiary alicyclic amines) is 1. The highest BCUT2D eigenvalue weighted by atomic mass is 127. The van der Waals surface area contributed by atoms with Crippen LogP contribution in [0.1, 0.15) is 32.6 Å². The Hall–Kier alpha value is -1.35. The fourth-order valence-corrected chi connectivity index (χ4v) is 3.20. The van der Waals surface area contributed by atoms with Gasteiger partial charge in [-0.05, 0) is 37.8 Å². The van der Waals surface area contributed by atoms with Crippen molar-refractivity contribution in [3.05, 3.63) is 35.2 Å². The zero-order chi connectivity index (χ0) is 17.6. The molecule has 3 rings (SSSR count). The second-order valence-corrected chi connectivity index (χ2v) is 6.82. The second kappa shape index (κ2) is 10.1. The quantitative estimate of drug-likeness (QED) is 0.396. The van der Waals surface area contributed by atoms with E-state index in [0.717, 1.165) is 31.2 Å². The molecule has 0 aliphatic carbocycles. The third-order valence-corrected chi connectivity index (χ3v) is 4.44. The van der Waals surface area contributed by atoms with Crippen LogP contribution in [-0.4, -0.2) is 40.6 Å². The van der Waals surface area contributed by atoms with Crippen molar-refractivity contribution in [1.82, 2.24) is 20.4 Å². The molecule has 142 valence electrons. The Morgan fingerprint density at radius 2 is 2.31 bits per heavy atom. The molecular weight excluding hydrogens is 465 g/mol. The third kappa shape index (κ3) is 5.57. The number of nitrogens with zero attached hydrogens (tertiary/aromatic N) is 4. The Bertz CT molecular complexity index is 736. The summed E-state index contributed by atoms with van der Waals surface area (Å²) in [6, 6.07) is 7.41. The molecule has 1 aromatic heterocycles. The predicted octanol–water partition coefficient (Wildman–Crippen LogP) is 4.21. The first-order valence-electron chi connectivity index (χ1n) is 8.77. The minimum absolute atomic E-state index is 0. The lowest BCUT2D eigenvalue weighted by molar-refractivity contribution is 0.265. The van der Waals surface area contributed by atoms with Crippen LogP contribution in [0.2, 0.25) is 5.02 Å². The highest BCUT2D eigenvalue weighted by molar-refractivity contribution is 14.0. The van der Waals surface area contributed by atoms with Gasteiger partial charge in [0, 0.05) is 30.2 Å². The van der Waals surface area contributed by atoms with Crippen molar-refractivity contribution in [2.75, 3.05) is 19.6 Å². The zero-order valence-electron chi connectivity index (χ0n) is 15.1. The summed E-state index contributed by atoms with van der Waals surface area (Å²) in [4.78, 5) is 11.4. The Labute approximate surface area is 176 Å². The van der Waals surface area contributed by atoms with Crippen molar-refractivity contribution in [1.29, 1.82) is 0 Å². The molecule has 1 aliphatic rings.